The van der Waals surface area contributed by atoms with E-state index in [1.807, 2.05) is 30.3 Å². The van der Waals surface area contributed by atoms with Gasteiger partial charge in [0.25, 0.3) is 0 Å². The summed E-state index contributed by atoms with van der Waals surface area (Å²) < 4.78 is 15.3. The van der Waals surface area contributed by atoms with Crippen molar-refractivity contribution in [1.82, 2.24) is 15.0 Å². The van der Waals surface area contributed by atoms with Crippen LogP contribution in [0.25, 0.3) is 11.3 Å². The maximum atomic E-state index is 13.8. The monoisotopic (exact) mass is 281 g/mol. The van der Waals surface area contributed by atoms with Gasteiger partial charge in [0.05, 0.1) is 12.2 Å². The lowest BCUT2D eigenvalue weighted by molar-refractivity contribution is 0.111. The third-order valence-electron chi connectivity index (χ3n) is 3.20. The first-order chi connectivity index (χ1) is 10.3. The minimum Gasteiger partial charge on any atom is -0.296 e. The predicted octanol–water partition coefficient (Wildman–Crippen LogP) is 2.95. The molecule has 3 aromatic rings. The third kappa shape index (κ3) is 2.58. The second-order valence-corrected chi connectivity index (χ2v) is 4.56. The molecule has 0 aliphatic heterocycles. The average molecular weight is 281 g/mol. The van der Waals surface area contributed by atoms with Crippen molar-refractivity contribution in [2.75, 3.05) is 0 Å². The predicted molar refractivity (Wildman–Crippen MR) is 76.3 cm³/mol. The first-order valence-electron chi connectivity index (χ1n) is 6.47. The third-order valence-corrected chi connectivity index (χ3v) is 3.20. The number of carbonyl (C=O) groups excluding carboxylic acids is 1. The zero-order valence-electron chi connectivity index (χ0n) is 11.1. The quantitative estimate of drug-likeness (QED) is 0.691. The van der Waals surface area contributed by atoms with Gasteiger partial charge < -0.3 is 0 Å². The SMILES string of the molecule is O=Cc1nnn(Cc2ccccc2F)c1-c1ccccc1. The highest BCUT2D eigenvalue weighted by molar-refractivity contribution is 5.83. The lowest BCUT2D eigenvalue weighted by Crippen LogP contribution is -2.06. The van der Waals surface area contributed by atoms with Crippen molar-refractivity contribution in [2.24, 2.45) is 0 Å². The average Bonchev–Trinajstić information content (AvgIpc) is 2.93. The van der Waals surface area contributed by atoms with E-state index >= 15 is 0 Å². The zero-order valence-corrected chi connectivity index (χ0v) is 11.1. The largest absolute Gasteiger partial charge is 0.296 e. The van der Waals surface area contributed by atoms with Gasteiger partial charge in [0.15, 0.2) is 12.0 Å². The van der Waals surface area contributed by atoms with Crippen LogP contribution in [0.2, 0.25) is 0 Å². The Labute approximate surface area is 120 Å². The molecule has 0 radical (unpaired) electrons. The molecule has 5 heteroatoms. The number of benzene rings is 2. The molecule has 0 unspecified atom stereocenters. The van der Waals surface area contributed by atoms with Crippen molar-refractivity contribution < 1.29 is 9.18 Å². The Morgan fingerprint density at radius 2 is 1.76 bits per heavy atom. The van der Waals surface area contributed by atoms with Crippen LogP contribution in [0.5, 0.6) is 0 Å². The number of nitrogens with zero attached hydrogens (tertiary/aromatic N) is 3. The minimum atomic E-state index is -0.306. The van der Waals surface area contributed by atoms with E-state index in [-0.39, 0.29) is 18.1 Å². The van der Waals surface area contributed by atoms with Crippen LogP contribution in [0.4, 0.5) is 4.39 Å². The standard InChI is InChI=1S/C16H12FN3O/c17-14-9-5-4-8-13(14)10-20-16(15(11-21)18-19-20)12-6-2-1-3-7-12/h1-9,11H,10H2. The number of hydrogen-bond donors (Lipinski definition) is 0. The van der Waals surface area contributed by atoms with Gasteiger partial charge in [-0.2, -0.15) is 0 Å². The van der Waals surface area contributed by atoms with Gasteiger partial charge in [0.2, 0.25) is 0 Å². The first kappa shape index (κ1) is 13.2. The van der Waals surface area contributed by atoms with Crippen LogP contribution >= 0.6 is 0 Å². The summed E-state index contributed by atoms with van der Waals surface area (Å²) in [6.07, 6.45) is 0.660. The van der Waals surface area contributed by atoms with Gasteiger partial charge in [0.1, 0.15) is 5.82 Å². The fraction of sp³-hybridized carbons (Fsp3) is 0.0625. The highest BCUT2D eigenvalue weighted by Crippen LogP contribution is 2.22. The number of hydrogen-bond acceptors (Lipinski definition) is 3. The van der Waals surface area contributed by atoms with Gasteiger partial charge in [-0.1, -0.05) is 53.7 Å². The zero-order chi connectivity index (χ0) is 14.7. The summed E-state index contributed by atoms with van der Waals surface area (Å²) in [5.74, 6) is -0.306. The first-order valence-corrected chi connectivity index (χ1v) is 6.47. The molecule has 0 amide bonds. The molecular formula is C16H12FN3O. The summed E-state index contributed by atoms with van der Waals surface area (Å²) in [5.41, 5.74) is 2.16. The van der Waals surface area contributed by atoms with Gasteiger partial charge in [-0.15, -0.1) is 5.10 Å². The molecule has 0 aliphatic rings. The molecule has 0 atom stereocenters. The molecule has 21 heavy (non-hydrogen) atoms. The molecule has 0 N–H and O–H groups in total. The summed E-state index contributed by atoms with van der Waals surface area (Å²) in [5, 5.41) is 7.83. The van der Waals surface area contributed by atoms with Crippen LogP contribution < -0.4 is 0 Å². The molecular weight excluding hydrogens is 269 g/mol. The number of aromatic nitrogens is 3. The Morgan fingerprint density at radius 1 is 1.05 bits per heavy atom. The molecule has 0 saturated carbocycles. The van der Waals surface area contributed by atoms with E-state index < -0.39 is 0 Å². The molecule has 2 aromatic carbocycles. The van der Waals surface area contributed by atoms with E-state index in [4.69, 9.17) is 0 Å². The van der Waals surface area contributed by atoms with Crippen LogP contribution in [0.3, 0.4) is 0 Å². The second kappa shape index (κ2) is 5.66. The Kier molecular flexibility index (Phi) is 3.55. The second-order valence-electron chi connectivity index (χ2n) is 4.56. The van der Waals surface area contributed by atoms with Crippen molar-refractivity contribution >= 4 is 6.29 Å². The van der Waals surface area contributed by atoms with Crippen molar-refractivity contribution in [3.63, 3.8) is 0 Å². The number of carbonyl (C=O) groups is 1. The van der Waals surface area contributed by atoms with Crippen LogP contribution in [-0.2, 0) is 6.54 Å². The van der Waals surface area contributed by atoms with Crippen molar-refractivity contribution in [3.05, 3.63) is 71.7 Å². The molecule has 104 valence electrons. The fourth-order valence-corrected chi connectivity index (χ4v) is 2.20. The van der Waals surface area contributed by atoms with E-state index in [0.717, 1.165) is 5.56 Å². The molecule has 1 aromatic heterocycles. The maximum absolute atomic E-state index is 13.8. The van der Waals surface area contributed by atoms with Crippen LogP contribution in [0, 0.1) is 5.82 Å². The Morgan fingerprint density at radius 3 is 2.48 bits per heavy atom. The van der Waals surface area contributed by atoms with E-state index in [2.05, 4.69) is 10.3 Å². The van der Waals surface area contributed by atoms with Crippen LogP contribution in [-0.4, -0.2) is 21.3 Å². The number of halogens is 1. The number of aldehydes is 1. The molecule has 4 nitrogen and oxygen atoms in total. The van der Waals surface area contributed by atoms with Gasteiger partial charge in [-0.3, -0.25) is 4.79 Å². The maximum Gasteiger partial charge on any atom is 0.172 e. The summed E-state index contributed by atoms with van der Waals surface area (Å²) in [6.45, 7) is 0.220. The van der Waals surface area contributed by atoms with Gasteiger partial charge in [-0.05, 0) is 6.07 Å². The Bertz CT molecular complexity index is 768. The van der Waals surface area contributed by atoms with Gasteiger partial charge in [0, 0.05) is 11.1 Å². The van der Waals surface area contributed by atoms with Crippen LogP contribution in [0.1, 0.15) is 16.1 Å². The summed E-state index contributed by atoms with van der Waals surface area (Å²) >= 11 is 0. The summed E-state index contributed by atoms with van der Waals surface area (Å²) in [7, 11) is 0. The van der Waals surface area contributed by atoms with Crippen molar-refractivity contribution in [2.45, 2.75) is 6.54 Å². The normalized spacial score (nSPS) is 10.5. The molecule has 0 fully saturated rings. The van der Waals surface area contributed by atoms with E-state index in [1.54, 1.807) is 18.2 Å². The molecule has 1 heterocycles. The van der Waals surface area contributed by atoms with Crippen molar-refractivity contribution in [1.29, 1.82) is 0 Å². The van der Waals surface area contributed by atoms with Crippen LogP contribution in [0.15, 0.2) is 54.6 Å². The minimum absolute atomic E-state index is 0.220. The molecule has 0 aliphatic carbocycles. The highest BCUT2D eigenvalue weighted by atomic mass is 19.1. The fourth-order valence-electron chi connectivity index (χ4n) is 2.20. The molecule has 0 bridgehead atoms. The Hall–Kier alpha value is -2.82. The van der Waals surface area contributed by atoms with Gasteiger partial charge >= 0.3 is 0 Å². The highest BCUT2D eigenvalue weighted by Gasteiger charge is 2.15. The summed E-state index contributed by atoms with van der Waals surface area (Å²) in [6, 6.07) is 15.8. The van der Waals surface area contributed by atoms with Crippen molar-refractivity contribution in [3.8, 4) is 11.3 Å². The summed E-state index contributed by atoms with van der Waals surface area (Å²) in [4.78, 5) is 11.1. The molecule has 0 saturated heterocycles. The van der Waals surface area contributed by atoms with E-state index in [0.29, 0.717) is 17.5 Å². The van der Waals surface area contributed by atoms with Gasteiger partial charge in [-0.25, -0.2) is 9.07 Å². The smallest absolute Gasteiger partial charge is 0.172 e. The molecule has 3 rings (SSSR count). The molecule has 0 spiro atoms. The van der Waals surface area contributed by atoms with E-state index in [1.165, 1.54) is 10.7 Å². The topological polar surface area (TPSA) is 47.8 Å². The lowest BCUT2D eigenvalue weighted by atomic mass is 10.1. The lowest BCUT2D eigenvalue weighted by Gasteiger charge is -2.08. The number of rotatable bonds is 4. The Balaban J connectivity index is 2.06. The van der Waals surface area contributed by atoms with E-state index in [9.17, 15) is 9.18 Å².